The van der Waals surface area contributed by atoms with Gasteiger partial charge in [0.15, 0.2) is 5.96 Å². The number of rotatable bonds is 8. The van der Waals surface area contributed by atoms with Gasteiger partial charge >= 0.3 is 0 Å². The smallest absolute Gasteiger partial charge is 0.191 e. The van der Waals surface area contributed by atoms with Crippen molar-refractivity contribution in [1.29, 1.82) is 0 Å². The van der Waals surface area contributed by atoms with E-state index in [0.717, 1.165) is 57.3 Å². The van der Waals surface area contributed by atoms with Crippen molar-refractivity contribution < 1.29 is 0 Å². The van der Waals surface area contributed by atoms with E-state index in [1.165, 1.54) is 18.8 Å². The largest absolute Gasteiger partial charge is 0.356 e. The predicted octanol–water partition coefficient (Wildman–Crippen LogP) is 1.08. The van der Waals surface area contributed by atoms with E-state index in [9.17, 15) is 0 Å². The quantitative estimate of drug-likeness (QED) is 0.411. The molecule has 0 spiro atoms. The number of likely N-dealkylation sites (N-methyl/N-ethyl adjacent to an activating group) is 1. The zero-order chi connectivity index (χ0) is 18.9. The third-order valence-corrected chi connectivity index (χ3v) is 5.21. The molecule has 26 heavy (non-hydrogen) atoms. The Morgan fingerprint density at radius 3 is 2.54 bits per heavy atom. The average molecular weight is 364 g/mol. The molecule has 1 aliphatic heterocycles. The van der Waals surface area contributed by atoms with Gasteiger partial charge in [-0.3, -0.25) is 14.6 Å². The summed E-state index contributed by atoms with van der Waals surface area (Å²) >= 11 is 0. The maximum atomic E-state index is 4.50. The van der Waals surface area contributed by atoms with Crippen LogP contribution in [0.3, 0.4) is 0 Å². The maximum Gasteiger partial charge on any atom is 0.191 e. The molecule has 1 aromatic heterocycles. The van der Waals surface area contributed by atoms with Crippen molar-refractivity contribution in [3.8, 4) is 0 Å². The second-order valence-corrected chi connectivity index (χ2v) is 7.20. The van der Waals surface area contributed by atoms with Crippen LogP contribution in [0, 0.1) is 13.8 Å². The van der Waals surface area contributed by atoms with E-state index in [-0.39, 0.29) is 0 Å². The molecule has 0 radical (unpaired) electrons. The Labute approximate surface area is 158 Å². The lowest BCUT2D eigenvalue weighted by atomic mass is 10.2. The monoisotopic (exact) mass is 363 g/mol. The molecule has 2 heterocycles. The van der Waals surface area contributed by atoms with Crippen molar-refractivity contribution >= 4 is 5.96 Å². The lowest BCUT2D eigenvalue weighted by Crippen LogP contribution is -2.53. The summed E-state index contributed by atoms with van der Waals surface area (Å²) in [6, 6.07) is 2.64. The Morgan fingerprint density at radius 1 is 1.23 bits per heavy atom. The van der Waals surface area contributed by atoms with Crippen molar-refractivity contribution in [2.75, 3.05) is 52.9 Å². The van der Waals surface area contributed by atoms with E-state index in [4.69, 9.17) is 0 Å². The molecule has 0 saturated carbocycles. The number of hydrogen-bond acceptors (Lipinski definition) is 4. The Kier molecular flexibility index (Phi) is 8.38. The fraction of sp³-hybridized carbons (Fsp3) is 0.789. The highest BCUT2D eigenvalue weighted by molar-refractivity contribution is 5.79. The molecule has 2 N–H and O–H groups in total. The van der Waals surface area contributed by atoms with Gasteiger partial charge in [0.2, 0.25) is 0 Å². The molecule has 2 rings (SSSR count). The summed E-state index contributed by atoms with van der Waals surface area (Å²) in [6.45, 7) is 17.3. The minimum Gasteiger partial charge on any atom is -0.356 e. The molecular formula is C19H37N7. The molecule has 0 aromatic carbocycles. The van der Waals surface area contributed by atoms with Crippen LogP contribution in [0.2, 0.25) is 0 Å². The lowest BCUT2D eigenvalue weighted by molar-refractivity contribution is 0.107. The molecule has 7 heteroatoms. The summed E-state index contributed by atoms with van der Waals surface area (Å²) in [7, 11) is 1.83. The van der Waals surface area contributed by atoms with Crippen LogP contribution in [-0.2, 0) is 6.54 Å². The molecule has 148 valence electrons. The van der Waals surface area contributed by atoms with Gasteiger partial charge in [0.1, 0.15) is 0 Å². The first-order chi connectivity index (χ1) is 12.5. The van der Waals surface area contributed by atoms with Gasteiger partial charge in [0.05, 0.1) is 5.69 Å². The van der Waals surface area contributed by atoms with Gasteiger partial charge in [-0.2, -0.15) is 5.10 Å². The number of hydrogen-bond donors (Lipinski definition) is 2. The van der Waals surface area contributed by atoms with E-state index < -0.39 is 0 Å². The summed E-state index contributed by atoms with van der Waals surface area (Å²) < 4.78 is 2.07. The predicted molar refractivity (Wildman–Crippen MR) is 109 cm³/mol. The number of nitrogens with zero attached hydrogens (tertiary/aromatic N) is 5. The fourth-order valence-corrected chi connectivity index (χ4v) is 3.45. The van der Waals surface area contributed by atoms with Crippen LogP contribution in [0.15, 0.2) is 11.1 Å². The maximum absolute atomic E-state index is 4.50. The highest BCUT2D eigenvalue weighted by Gasteiger charge is 2.20. The van der Waals surface area contributed by atoms with Crippen molar-refractivity contribution in [2.45, 2.75) is 46.7 Å². The first-order valence-corrected chi connectivity index (χ1v) is 9.95. The van der Waals surface area contributed by atoms with E-state index in [1.807, 2.05) is 14.0 Å². The summed E-state index contributed by atoms with van der Waals surface area (Å²) in [5, 5.41) is 11.4. The van der Waals surface area contributed by atoms with Gasteiger partial charge in [0, 0.05) is 64.6 Å². The van der Waals surface area contributed by atoms with Gasteiger partial charge < -0.3 is 15.5 Å². The normalized spacial score (nSPS) is 18.1. The molecule has 1 unspecified atom stereocenters. The third kappa shape index (κ3) is 6.29. The zero-order valence-corrected chi connectivity index (χ0v) is 17.3. The SMILES string of the molecule is CCN1CCN(C(C)CNC(=NC)NCCCn2nc(C)cc2C)CC1. The van der Waals surface area contributed by atoms with E-state index >= 15 is 0 Å². The van der Waals surface area contributed by atoms with Crippen LogP contribution in [0.5, 0.6) is 0 Å². The molecule has 1 aromatic rings. The first-order valence-electron chi connectivity index (χ1n) is 9.95. The first kappa shape index (κ1) is 20.7. The Bertz CT molecular complexity index is 558. The number of guanidine groups is 1. The summed E-state index contributed by atoms with van der Waals surface area (Å²) in [4.78, 5) is 9.42. The van der Waals surface area contributed by atoms with Gasteiger partial charge in [-0.25, -0.2) is 0 Å². The van der Waals surface area contributed by atoms with Crippen LogP contribution < -0.4 is 10.6 Å². The minimum absolute atomic E-state index is 0.516. The molecule has 0 bridgehead atoms. The summed E-state index contributed by atoms with van der Waals surface area (Å²) in [5.74, 6) is 0.886. The number of nitrogens with one attached hydrogen (secondary N) is 2. The van der Waals surface area contributed by atoms with Crippen LogP contribution in [0.4, 0.5) is 0 Å². The second kappa shape index (κ2) is 10.5. The molecule has 1 atom stereocenters. The van der Waals surface area contributed by atoms with Gasteiger partial charge in [0.25, 0.3) is 0 Å². The number of aryl methyl sites for hydroxylation is 3. The summed E-state index contributed by atoms with van der Waals surface area (Å²) in [6.07, 6.45) is 1.02. The van der Waals surface area contributed by atoms with Crippen LogP contribution in [0.1, 0.15) is 31.7 Å². The standard InChI is InChI=1S/C19H37N7/c1-6-24-10-12-25(13-11-24)18(4)15-22-19(20-5)21-8-7-9-26-17(3)14-16(2)23-26/h14,18H,6-13,15H2,1-5H3,(H2,20,21,22). The zero-order valence-electron chi connectivity index (χ0n) is 17.3. The van der Waals surface area contributed by atoms with Crippen LogP contribution in [-0.4, -0.2) is 84.4 Å². The number of aromatic nitrogens is 2. The molecule has 0 amide bonds. The van der Waals surface area contributed by atoms with E-state index in [0.29, 0.717) is 6.04 Å². The van der Waals surface area contributed by atoms with E-state index in [1.54, 1.807) is 0 Å². The molecule has 1 saturated heterocycles. The van der Waals surface area contributed by atoms with E-state index in [2.05, 4.69) is 62.0 Å². The Balaban J connectivity index is 1.63. The topological polar surface area (TPSA) is 60.7 Å². The Morgan fingerprint density at radius 2 is 1.96 bits per heavy atom. The lowest BCUT2D eigenvalue weighted by Gasteiger charge is -2.37. The van der Waals surface area contributed by atoms with Crippen molar-refractivity contribution in [1.82, 2.24) is 30.2 Å². The molecule has 1 aliphatic rings. The van der Waals surface area contributed by atoms with Crippen LogP contribution in [0.25, 0.3) is 0 Å². The van der Waals surface area contributed by atoms with Crippen molar-refractivity contribution in [2.24, 2.45) is 4.99 Å². The van der Waals surface area contributed by atoms with Gasteiger partial charge in [-0.1, -0.05) is 6.92 Å². The second-order valence-electron chi connectivity index (χ2n) is 7.20. The summed E-state index contributed by atoms with van der Waals surface area (Å²) in [5.41, 5.74) is 2.31. The highest BCUT2D eigenvalue weighted by Crippen LogP contribution is 2.05. The van der Waals surface area contributed by atoms with Crippen LogP contribution >= 0.6 is 0 Å². The highest BCUT2D eigenvalue weighted by atomic mass is 15.3. The Hall–Kier alpha value is -1.60. The molecule has 7 nitrogen and oxygen atoms in total. The number of aliphatic imine (C=N–C) groups is 1. The fourth-order valence-electron chi connectivity index (χ4n) is 3.45. The molecular weight excluding hydrogens is 326 g/mol. The minimum atomic E-state index is 0.516. The molecule has 0 aliphatic carbocycles. The molecule has 1 fully saturated rings. The number of piperazine rings is 1. The average Bonchev–Trinajstić information content (AvgIpc) is 2.98. The third-order valence-electron chi connectivity index (χ3n) is 5.21. The van der Waals surface area contributed by atoms with Gasteiger partial charge in [-0.15, -0.1) is 0 Å². The van der Waals surface area contributed by atoms with Crippen molar-refractivity contribution in [3.05, 3.63) is 17.5 Å². The van der Waals surface area contributed by atoms with Gasteiger partial charge in [-0.05, 0) is 39.8 Å². The van der Waals surface area contributed by atoms with Crippen molar-refractivity contribution in [3.63, 3.8) is 0 Å².